The first-order valence-corrected chi connectivity index (χ1v) is 16.4. The Morgan fingerprint density at radius 3 is 2.07 bits per heavy atom. The molecule has 0 aliphatic rings. The standard InChI is InChI=1S/C35H38N4O6S/c1-4-27(3)36-35(41)33(23-28-13-7-5-8-14-28)37(24-29-15-11-12-26(2)22-29)34(40)25-38(30-18-20-31(21-19-30)39(42)43)46(44,45)32-16-9-6-10-17-32/h5-22,27,33H,4,23-25H2,1-3H3,(H,36,41)/t27-,33-/m1/s1. The molecule has 240 valence electrons. The Morgan fingerprint density at radius 2 is 1.48 bits per heavy atom. The summed E-state index contributed by atoms with van der Waals surface area (Å²) in [5.74, 6) is -0.966. The molecule has 4 aromatic carbocycles. The Balaban J connectivity index is 1.81. The van der Waals surface area contributed by atoms with E-state index in [4.69, 9.17) is 0 Å². The highest BCUT2D eigenvalue weighted by molar-refractivity contribution is 7.92. The number of nitrogens with one attached hydrogen (secondary N) is 1. The summed E-state index contributed by atoms with van der Waals surface area (Å²) in [5, 5.41) is 14.3. The third kappa shape index (κ3) is 8.57. The summed E-state index contributed by atoms with van der Waals surface area (Å²) < 4.78 is 29.0. The number of nitro benzene ring substituents is 1. The summed E-state index contributed by atoms with van der Waals surface area (Å²) in [4.78, 5) is 40.5. The summed E-state index contributed by atoms with van der Waals surface area (Å²) in [6, 6.07) is 28.4. The zero-order valence-electron chi connectivity index (χ0n) is 26.1. The minimum atomic E-state index is -4.31. The maximum atomic E-state index is 14.5. The maximum Gasteiger partial charge on any atom is 0.269 e. The molecule has 0 saturated carbocycles. The van der Waals surface area contributed by atoms with Crippen LogP contribution in [0.2, 0.25) is 0 Å². The molecule has 0 unspecified atom stereocenters. The number of aryl methyl sites for hydroxylation is 1. The van der Waals surface area contributed by atoms with E-state index in [9.17, 15) is 28.1 Å². The number of sulfonamides is 1. The van der Waals surface area contributed by atoms with E-state index in [0.29, 0.717) is 6.42 Å². The predicted octanol–water partition coefficient (Wildman–Crippen LogP) is 5.65. The molecule has 0 aliphatic heterocycles. The van der Waals surface area contributed by atoms with Gasteiger partial charge in [-0.25, -0.2) is 8.42 Å². The molecule has 1 N–H and O–H groups in total. The first-order chi connectivity index (χ1) is 22.0. The Hall–Kier alpha value is -5.03. The van der Waals surface area contributed by atoms with E-state index in [1.165, 1.54) is 41.3 Å². The Morgan fingerprint density at radius 1 is 0.870 bits per heavy atom. The van der Waals surface area contributed by atoms with Crippen LogP contribution >= 0.6 is 0 Å². The van der Waals surface area contributed by atoms with Gasteiger partial charge in [0.05, 0.1) is 15.5 Å². The molecule has 4 rings (SSSR count). The molecule has 0 radical (unpaired) electrons. The van der Waals surface area contributed by atoms with Gasteiger partial charge in [0.25, 0.3) is 15.7 Å². The second kappa shape index (κ2) is 15.3. The van der Waals surface area contributed by atoms with Gasteiger partial charge in [-0.1, -0.05) is 85.3 Å². The number of non-ortho nitro benzene ring substituents is 1. The first-order valence-electron chi connectivity index (χ1n) is 15.0. The Labute approximate surface area is 269 Å². The molecule has 0 bridgehead atoms. The third-order valence-electron chi connectivity index (χ3n) is 7.67. The number of rotatable bonds is 14. The van der Waals surface area contributed by atoms with Crippen LogP contribution in [0.25, 0.3) is 0 Å². The fourth-order valence-corrected chi connectivity index (χ4v) is 6.43. The van der Waals surface area contributed by atoms with E-state index in [0.717, 1.165) is 21.0 Å². The van der Waals surface area contributed by atoms with Crippen molar-refractivity contribution in [2.45, 2.75) is 57.1 Å². The number of carbonyl (C=O) groups is 2. The summed E-state index contributed by atoms with van der Waals surface area (Å²) in [6.45, 7) is 5.15. The fraction of sp³-hybridized carbons (Fsp3) is 0.257. The lowest BCUT2D eigenvalue weighted by Crippen LogP contribution is -2.54. The molecule has 2 amide bonds. The van der Waals surface area contributed by atoms with Gasteiger partial charge in [-0.05, 0) is 55.7 Å². The van der Waals surface area contributed by atoms with Gasteiger partial charge in [-0.3, -0.25) is 24.0 Å². The summed E-state index contributed by atoms with van der Waals surface area (Å²) in [6.07, 6.45) is 0.877. The van der Waals surface area contributed by atoms with Gasteiger partial charge >= 0.3 is 0 Å². The fourth-order valence-electron chi connectivity index (χ4n) is 4.99. The largest absolute Gasteiger partial charge is 0.352 e. The third-order valence-corrected chi connectivity index (χ3v) is 9.45. The number of anilines is 1. The van der Waals surface area contributed by atoms with E-state index in [1.807, 2.05) is 75.4 Å². The summed E-state index contributed by atoms with van der Waals surface area (Å²) >= 11 is 0. The van der Waals surface area contributed by atoms with Gasteiger partial charge in [-0.15, -0.1) is 0 Å². The molecule has 0 saturated heterocycles. The van der Waals surface area contributed by atoms with Crippen molar-refractivity contribution in [1.29, 1.82) is 0 Å². The molecule has 4 aromatic rings. The molecule has 0 fully saturated rings. The number of nitro groups is 1. The van der Waals surface area contributed by atoms with Crippen molar-refractivity contribution in [3.8, 4) is 0 Å². The first kappa shape index (κ1) is 33.9. The summed E-state index contributed by atoms with van der Waals surface area (Å²) in [5.41, 5.74) is 2.42. The summed E-state index contributed by atoms with van der Waals surface area (Å²) in [7, 11) is -4.31. The predicted molar refractivity (Wildman–Crippen MR) is 178 cm³/mol. The molecule has 11 heteroatoms. The van der Waals surface area contributed by atoms with Crippen LogP contribution in [0.1, 0.15) is 37.0 Å². The average Bonchev–Trinajstić information content (AvgIpc) is 3.05. The molecule has 46 heavy (non-hydrogen) atoms. The second-order valence-electron chi connectivity index (χ2n) is 11.1. The average molecular weight is 643 g/mol. The van der Waals surface area contributed by atoms with Crippen LogP contribution < -0.4 is 9.62 Å². The highest BCUT2D eigenvalue weighted by atomic mass is 32.2. The van der Waals surface area contributed by atoms with Crippen LogP contribution in [0.5, 0.6) is 0 Å². The zero-order valence-corrected chi connectivity index (χ0v) is 26.9. The van der Waals surface area contributed by atoms with Gasteiger partial charge in [0, 0.05) is 31.1 Å². The monoisotopic (exact) mass is 642 g/mol. The molecule has 0 aromatic heterocycles. The van der Waals surface area contributed by atoms with Crippen molar-refractivity contribution in [2.75, 3.05) is 10.8 Å². The van der Waals surface area contributed by atoms with Crippen LogP contribution in [0.4, 0.5) is 11.4 Å². The van der Waals surface area contributed by atoms with Crippen LogP contribution in [0.3, 0.4) is 0 Å². The highest BCUT2D eigenvalue weighted by Crippen LogP contribution is 2.27. The molecular formula is C35H38N4O6S. The lowest BCUT2D eigenvalue weighted by Gasteiger charge is -2.34. The van der Waals surface area contributed by atoms with Crippen molar-refractivity contribution >= 4 is 33.2 Å². The number of hydrogen-bond acceptors (Lipinski definition) is 6. The topological polar surface area (TPSA) is 130 Å². The van der Waals surface area contributed by atoms with Crippen molar-refractivity contribution in [3.63, 3.8) is 0 Å². The molecule has 0 heterocycles. The van der Waals surface area contributed by atoms with Gasteiger partial charge in [0.15, 0.2) is 0 Å². The Bertz CT molecular complexity index is 1750. The SMILES string of the molecule is CC[C@@H](C)NC(=O)[C@@H](Cc1ccccc1)N(Cc1cccc(C)c1)C(=O)CN(c1ccc([N+](=O)[O-])cc1)S(=O)(=O)c1ccccc1. The van der Waals surface area contributed by atoms with E-state index in [2.05, 4.69) is 5.32 Å². The normalized spacial score (nSPS) is 12.5. The van der Waals surface area contributed by atoms with E-state index in [-0.39, 0.29) is 41.2 Å². The smallest absolute Gasteiger partial charge is 0.269 e. The quantitative estimate of drug-likeness (QED) is 0.140. The number of carbonyl (C=O) groups excluding carboxylic acids is 2. The lowest BCUT2D eigenvalue weighted by atomic mass is 10.0. The van der Waals surface area contributed by atoms with Crippen LogP contribution in [0.15, 0.2) is 114 Å². The van der Waals surface area contributed by atoms with Crippen molar-refractivity contribution in [2.24, 2.45) is 0 Å². The minimum absolute atomic E-state index is 0.0470. The van der Waals surface area contributed by atoms with Gasteiger partial charge < -0.3 is 10.2 Å². The lowest BCUT2D eigenvalue weighted by molar-refractivity contribution is -0.384. The second-order valence-corrected chi connectivity index (χ2v) is 13.0. The molecule has 0 aliphatic carbocycles. The van der Waals surface area contributed by atoms with Crippen LogP contribution in [-0.4, -0.2) is 48.7 Å². The van der Waals surface area contributed by atoms with E-state index >= 15 is 0 Å². The number of benzene rings is 4. The highest BCUT2D eigenvalue weighted by Gasteiger charge is 2.35. The van der Waals surface area contributed by atoms with Gasteiger partial charge in [0.2, 0.25) is 11.8 Å². The van der Waals surface area contributed by atoms with Crippen LogP contribution in [0, 0.1) is 17.0 Å². The van der Waals surface area contributed by atoms with Crippen molar-refractivity contribution in [1.82, 2.24) is 10.2 Å². The van der Waals surface area contributed by atoms with Crippen LogP contribution in [-0.2, 0) is 32.6 Å². The zero-order chi connectivity index (χ0) is 33.3. The minimum Gasteiger partial charge on any atom is -0.352 e. The number of nitrogens with zero attached hydrogens (tertiary/aromatic N) is 3. The van der Waals surface area contributed by atoms with Gasteiger partial charge in [-0.2, -0.15) is 0 Å². The maximum absolute atomic E-state index is 14.5. The molecule has 0 spiro atoms. The molecular weight excluding hydrogens is 604 g/mol. The van der Waals surface area contributed by atoms with E-state index < -0.39 is 33.4 Å². The number of amides is 2. The molecule has 10 nitrogen and oxygen atoms in total. The van der Waals surface area contributed by atoms with Crippen molar-refractivity contribution in [3.05, 3.63) is 136 Å². The molecule has 2 atom stereocenters. The number of hydrogen-bond donors (Lipinski definition) is 1. The Kier molecular flexibility index (Phi) is 11.3. The van der Waals surface area contributed by atoms with Crippen molar-refractivity contribution < 1.29 is 22.9 Å². The van der Waals surface area contributed by atoms with E-state index in [1.54, 1.807) is 18.2 Å². The van der Waals surface area contributed by atoms with Gasteiger partial charge in [0.1, 0.15) is 12.6 Å².